The van der Waals surface area contributed by atoms with E-state index in [9.17, 15) is 0 Å². The molecule has 1 heterocycles. The molecule has 43 valence electrons. The smallest absolute Gasteiger partial charge is 0.155 e. The van der Waals surface area contributed by atoms with Gasteiger partial charge in [0, 0.05) is 5.92 Å². The van der Waals surface area contributed by atoms with Gasteiger partial charge in [0.1, 0.15) is 6.34 Å². The quantitative estimate of drug-likeness (QED) is 0.474. The Balaban J connectivity index is 2.58. The molecular formula is C5H8N3. The van der Waals surface area contributed by atoms with Gasteiger partial charge in [0.2, 0.25) is 0 Å². The molecule has 0 aromatic heterocycles. The summed E-state index contributed by atoms with van der Waals surface area (Å²) in [6.07, 6.45) is 1.47. The highest BCUT2D eigenvalue weighted by atomic mass is 15.4. The topological polar surface area (TPSA) is 38.8 Å². The van der Waals surface area contributed by atoms with Crippen molar-refractivity contribution in [2.24, 2.45) is 16.0 Å². The van der Waals surface area contributed by atoms with Crippen LogP contribution in [0.3, 0.4) is 0 Å². The summed E-state index contributed by atoms with van der Waals surface area (Å²) in [5, 5.41) is 3.75. The van der Waals surface area contributed by atoms with Crippen LogP contribution >= 0.6 is 0 Å². The molecule has 0 saturated heterocycles. The molecule has 1 radical (unpaired) electrons. The fraction of sp³-hybridized carbons (Fsp3) is 0.600. The van der Waals surface area contributed by atoms with E-state index in [0.717, 1.165) is 5.84 Å². The lowest BCUT2D eigenvalue weighted by atomic mass is 10.2. The van der Waals surface area contributed by atoms with Gasteiger partial charge < -0.3 is 0 Å². The Morgan fingerprint density at radius 1 is 1.50 bits per heavy atom. The third-order valence-electron chi connectivity index (χ3n) is 0.918. The predicted octanol–water partition coefficient (Wildman–Crippen LogP) is 0.602. The van der Waals surface area contributed by atoms with Gasteiger partial charge in [0.25, 0.3) is 0 Å². The lowest BCUT2D eigenvalue weighted by Crippen LogP contribution is -2.00. The van der Waals surface area contributed by atoms with Crippen molar-refractivity contribution in [2.75, 3.05) is 0 Å². The number of hydrogen-bond acceptors (Lipinski definition) is 2. The van der Waals surface area contributed by atoms with Crippen LogP contribution in [0.5, 0.6) is 0 Å². The Labute approximate surface area is 48.5 Å². The third-order valence-corrected chi connectivity index (χ3v) is 0.918. The van der Waals surface area contributed by atoms with E-state index in [2.05, 4.69) is 15.5 Å². The molecule has 0 saturated carbocycles. The molecule has 0 aliphatic carbocycles. The zero-order valence-electron chi connectivity index (χ0n) is 5.00. The van der Waals surface area contributed by atoms with E-state index in [-0.39, 0.29) is 0 Å². The van der Waals surface area contributed by atoms with E-state index in [4.69, 9.17) is 0 Å². The van der Waals surface area contributed by atoms with Gasteiger partial charge >= 0.3 is 0 Å². The molecular weight excluding hydrogens is 102 g/mol. The van der Waals surface area contributed by atoms with Crippen LogP contribution < -0.4 is 5.43 Å². The molecule has 3 nitrogen and oxygen atoms in total. The average Bonchev–Trinajstić information content (AvgIpc) is 2.12. The first-order valence-electron chi connectivity index (χ1n) is 2.61. The lowest BCUT2D eigenvalue weighted by Gasteiger charge is -1.94. The van der Waals surface area contributed by atoms with Crippen molar-refractivity contribution < 1.29 is 0 Å². The van der Waals surface area contributed by atoms with Crippen LogP contribution in [0.4, 0.5) is 0 Å². The van der Waals surface area contributed by atoms with E-state index in [1.54, 1.807) is 0 Å². The van der Waals surface area contributed by atoms with Gasteiger partial charge in [-0.3, -0.25) is 0 Å². The van der Waals surface area contributed by atoms with Crippen molar-refractivity contribution in [2.45, 2.75) is 13.8 Å². The molecule has 0 atom stereocenters. The maximum absolute atomic E-state index is 3.89. The van der Waals surface area contributed by atoms with Crippen molar-refractivity contribution in [1.82, 2.24) is 5.43 Å². The van der Waals surface area contributed by atoms with E-state index < -0.39 is 0 Å². The SMILES string of the molecule is CC(C)C1=N[N]C=N1. The van der Waals surface area contributed by atoms with Gasteiger partial charge in [-0.25, -0.2) is 4.99 Å². The minimum absolute atomic E-state index is 0.400. The summed E-state index contributed by atoms with van der Waals surface area (Å²) in [5.41, 5.74) is 3.58. The first-order valence-corrected chi connectivity index (χ1v) is 2.61. The maximum atomic E-state index is 3.89. The molecule has 0 spiro atoms. The largest absolute Gasteiger partial charge is 0.217 e. The molecule has 0 fully saturated rings. The molecule has 1 rings (SSSR count). The Bertz CT molecular complexity index is 135. The molecule has 0 unspecified atom stereocenters. The molecule has 1 aliphatic heterocycles. The van der Waals surface area contributed by atoms with Crippen LogP contribution in [-0.4, -0.2) is 12.2 Å². The van der Waals surface area contributed by atoms with Crippen LogP contribution in [0, 0.1) is 5.92 Å². The van der Waals surface area contributed by atoms with Crippen LogP contribution in [0.25, 0.3) is 0 Å². The van der Waals surface area contributed by atoms with Crippen LogP contribution in [0.15, 0.2) is 10.1 Å². The fourth-order valence-corrected chi connectivity index (χ4v) is 0.460. The second kappa shape index (κ2) is 1.94. The molecule has 0 N–H and O–H groups in total. The van der Waals surface area contributed by atoms with Crippen LogP contribution in [0.1, 0.15) is 13.8 Å². The zero-order valence-corrected chi connectivity index (χ0v) is 5.00. The van der Waals surface area contributed by atoms with Gasteiger partial charge in [-0.2, -0.15) is 0 Å². The second-order valence-electron chi connectivity index (χ2n) is 1.97. The number of rotatable bonds is 1. The standard InChI is InChI=1S/C5H8N3/c1-4(2)5-6-3-7-8-5/h3-4H,1-2H3. The maximum Gasteiger partial charge on any atom is 0.155 e. The number of amidine groups is 1. The van der Waals surface area contributed by atoms with Gasteiger partial charge in [-0.05, 0) is 0 Å². The normalized spacial score (nSPS) is 16.6. The minimum atomic E-state index is 0.400. The van der Waals surface area contributed by atoms with Gasteiger partial charge in [-0.15, -0.1) is 10.5 Å². The summed E-state index contributed by atoms with van der Waals surface area (Å²) in [6.45, 7) is 4.08. The highest BCUT2D eigenvalue weighted by molar-refractivity contribution is 5.93. The number of aliphatic imine (C=N–C) groups is 1. The molecule has 0 bridgehead atoms. The van der Waals surface area contributed by atoms with Crippen molar-refractivity contribution in [3.8, 4) is 0 Å². The summed E-state index contributed by atoms with van der Waals surface area (Å²) < 4.78 is 0. The Morgan fingerprint density at radius 2 is 2.25 bits per heavy atom. The zero-order chi connectivity index (χ0) is 5.98. The van der Waals surface area contributed by atoms with Crippen LogP contribution in [0.2, 0.25) is 0 Å². The fourth-order valence-electron chi connectivity index (χ4n) is 0.460. The summed E-state index contributed by atoms with van der Waals surface area (Å²) in [5.74, 6) is 1.22. The van der Waals surface area contributed by atoms with E-state index in [1.807, 2.05) is 13.8 Å². The van der Waals surface area contributed by atoms with Crippen molar-refractivity contribution in [1.29, 1.82) is 0 Å². The summed E-state index contributed by atoms with van der Waals surface area (Å²) in [6, 6.07) is 0. The third kappa shape index (κ3) is 0.857. The molecule has 0 amide bonds. The highest BCUT2D eigenvalue weighted by Gasteiger charge is 2.05. The molecule has 8 heavy (non-hydrogen) atoms. The first-order chi connectivity index (χ1) is 3.80. The monoisotopic (exact) mass is 110 g/mol. The number of hydrogen-bond donors (Lipinski definition) is 0. The summed E-state index contributed by atoms with van der Waals surface area (Å²) >= 11 is 0. The van der Waals surface area contributed by atoms with E-state index >= 15 is 0 Å². The Morgan fingerprint density at radius 3 is 2.50 bits per heavy atom. The van der Waals surface area contributed by atoms with Crippen molar-refractivity contribution in [3.63, 3.8) is 0 Å². The predicted molar refractivity (Wildman–Crippen MR) is 32.9 cm³/mol. The van der Waals surface area contributed by atoms with Gasteiger partial charge in [0.15, 0.2) is 5.84 Å². The van der Waals surface area contributed by atoms with Crippen LogP contribution in [-0.2, 0) is 0 Å². The van der Waals surface area contributed by atoms with Gasteiger partial charge in [0.05, 0.1) is 0 Å². The summed E-state index contributed by atoms with van der Waals surface area (Å²) in [7, 11) is 0. The van der Waals surface area contributed by atoms with Gasteiger partial charge in [-0.1, -0.05) is 13.8 Å². The highest BCUT2D eigenvalue weighted by Crippen LogP contribution is 1.99. The van der Waals surface area contributed by atoms with E-state index in [1.165, 1.54) is 6.34 Å². The molecule has 1 aliphatic rings. The van der Waals surface area contributed by atoms with E-state index in [0.29, 0.717) is 5.92 Å². The second-order valence-corrected chi connectivity index (χ2v) is 1.97. The Hall–Kier alpha value is -0.860. The molecule has 3 heteroatoms. The average molecular weight is 110 g/mol. The first kappa shape index (κ1) is 5.28. The molecule has 0 aromatic rings. The minimum Gasteiger partial charge on any atom is -0.217 e. The van der Waals surface area contributed by atoms with Crippen molar-refractivity contribution >= 4 is 12.2 Å². The Kier molecular flexibility index (Phi) is 1.28. The van der Waals surface area contributed by atoms with Crippen molar-refractivity contribution in [3.05, 3.63) is 0 Å². The lowest BCUT2D eigenvalue weighted by molar-refractivity contribution is 0.863. The number of nitrogens with zero attached hydrogens (tertiary/aromatic N) is 3. The molecule has 0 aromatic carbocycles. The summed E-state index contributed by atoms with van der Waals surface area (Å²) in [4.78, 5) is 3.89.